The first-order valence-electron chi connectivity index (χ1n) is 7.85. The van der Waals surface area contributed by atoms with E-state index in [1.165, 1.54) is 18.2 Å². The van der Waals surface area contributed by atoms with Crippen molar-refractivity contribution in [3.05, 3.63) is 65.2 Å². The molecule has 1 N–H and O–H groups in total. The highest BCUT2D eigenvalue weighted by atomic mass is 19.1. The number of carbonyl (C=O) groups is 1. The lowest BCUT2D eigenvalue weighted by atomic mass is 10.0. The molecule has 2 aromatic carbocycles. The van der Waals surface area contributed by atoms with Crippen LogP contribution >= 0.6 is 0 Å². The standard InChI is InChI=1S/C19H16FNO3/c1-11-14-10-12(20)6-7-17(14)24-18(11)19(22)21-15-8-9-23-16-5-3-2-4-13(15)16/h2-7,10,15H,8-9H2,1H3,(H,21,22)/t15-/m1/s1. The van der Waals surface area contributed by atoms with Crippen molar-refractivity contribution in [2.24, 2.45) is 0 Å². The molecular weight excluding hydrogens is 309 g/mol. The average Bonchev–Trinajstić information content (AvgIpc) is 2.92. The zero-order valence-corrected chi connectivity index (χ0v) is 13.1. The minimum absolute atomic E-state index is 0.133. The molecule has 122 valence electrons. The van der Waals surface area contributed by atoms with Gasteiger partial charge in [-0.15, -0.1) is 0 Å². The Bertz CT molecular complexity index is 932. The van der Waals surface area contributed by atoms with Crippen molar-refractivity contribution in [1.29, 1.82) is 0 Å². The molecule has 1 aliphatic rings. The van der Waals surface area contributed by atoms with Crippen LogP contribution in [0.4, 0.5) is 4.39 Å². The quantitative estimate of drug-likeness (QED) is 0.770. The molecule has 0 saturated carbocycles. The summed E-state index contributed by atoms with van der Waals surface area (Å²) >= 11 is 0. The third kappa shape index (κ3) is 2.42. The lowest BCUT2D eigenvalue weighted by Crippen LogP contribution is -2.32. The van der Waals surface area contributed by atoms with E-state index in [1.54, 1.807) is 6.92 Å². The number of ether oxygens (including phenoxy) is 1. The maximum Gasteiger partial charge on any atom is 0.287 e. The molecular formula is C19H16FNO3. The second-order valence-corrected chi connectivity index (χ2v) is 5.90. The van der Waals surface area contributed by atoms with E-state index in [2.05, 4.69) is 5.32 Å². The first-order chi connectivity index (χ1) is 11.6. The summed E-state index contributed by atoms with van der Waals surface area (Å²) in [6, 6.07) is 11.8. The fraction of sp³-hybridized carbons (Fsp3) is 0.211. The SMILES string of the molecule is Cc1c(C(=O)N[C@@H]2CCOc3ccccc32)oc2ccc(F)cc12. The lowest BCUT2D eigenvalue weighted by Gasteiger charge is -2.26. The largest absolute Gasteiger partial charge is 0.493 e. The Morgan fingerprint density at radius 2 is 2.08 bits per heavy atom. The van der Waals surface area contributed by atoms with E-state index in [0.717, 1.165) is 11.3 Å². The van der Waals surface area contributed by atoms with Gasteiger partial charge in [-0.1, -0.05) is 18.2 Å². The van der Waals surface area contributed by atoms with Crippen LogP contribution < -0.4 is 10.1 Å². The van der Waals surface area contributed by atoms with Crippen molar-refractivity contribution >= 4 is 16.9 Å². The summed E-state index contributed by atoms with van der Waals surface area (Å²) in [6.07, 6.45) is 0.691. The molecule has 1 aliphatic heterocycles. The van der Waals surface area contributed by atoms with Gasteiger partial charge in [0.25, 0.3) is 5.91 Å². The minimum atomic E-state index is -0.350. The molecule has 0 aliphatic carbocycles. The number of amides is 1. The van der Waals surface area contributed by atoms with E-state index in [1.807, 2.05) is 24.3 Å². The Morgan fingerprint density at radius 3 is 2.96 bits per heavy atom. The number of furan rings is 1. The molecule has 0 bridgehead atoms. The zero-order chi connectivity index (χ0) is 16.7. The van der Waals surface area contributed by atoms with Crippen LogP contribution in [0.2, 0.25) is 0 Å². The fourth-order valence-electron chi connectivity index (χ4n) is 3.13. The normalized spacial score (nSPS) is 16.5. The Labute approximate surface area is 138 Å². The Kier molecular flexibility index (Phi) is 3.49. The van der Waals surface area contributed by atoms with Crippen molar-refractivity contribution < 1.29 is 18.3 Å². The van der Waals surface area contributed by atoms with Gasteiger partial charge < -0.3 is 14.5 Å². The van der Waals surface area contributed by atoms with Crippen LogP contribution in [0, 0.1) is 12.7 Å². The van der Waals surface area contributed by atoms with E-state index in [-0.39, 0.29) is 23.5 Å². The number of nitrogens with one attached hydrogen (secondary N) is 1. The second kappa shape index (κ2) is 5.67. The van der Waals surface area contributed by atoms with Crippen LogP contribution in [0.15, 0.2) is 46.9 Å². The van der Waals surface area contributed by atoms with Crippen LogP contribution in [0.3, 0.4) is 0 Å². The van der Waals surface area contributed by atoms with E-state index in [4.69, 9.17) is 9.15 Å². The summed E-state index contributed by atoms with van der Waals surface area (Å²) in [4.78, 5) is 12.7. The molecule has 0 saturated heterocycles. The molecule has 2 heterocycles. The number of para-hydroxylation sites is 1. The third-order valence-electron chi connectivity index (χ3n) is 4.37. The Balaban J connectivity index is 1.65. The summed E-state index contributed by atoms with van der Waals surface area (Å²) in [5.74, 6) is 0.361. The third-order valence-corrected chi connectivity index (χ3v) is 4.37. The molecule has 5 heteroatoms. The Hall–Kier alpha value is -2.82. The number of fused-ring (bicyclic) bond motifs is 2. The van der Waals surface area contributed by atoms with Gasteiger partial charge in [0, 0.05) is 22.9 Å². The zero-order valence-electron chi connectivity index (χ0n) is 13.1. The van der Waals surface area contributed by atoms with Gasteiger partial charge in [-0.25, -0.2) is 4.39 Å². The number of halogens is 1. The van der Waals surface area contributed by atoms with Crippen LogP contribution in [0.25, 0.3) is 11.0 Å². The molecule has 1 amide bonds. The highest BCUT2D eigenvalue weighted by molar-refractivity contribution is 5.99. The number of aryl methyl sites for hydroxylation is 1. The number of hydrogen-bond acceptors (Lipinski definition) is 3. The molecule has 1 atom stereocenters. The topological polar surface area (TPSA) is 51.5 Å². The van der Waals surface area contributed by atoms with Gasteiger partial charge >= 0.3 is 0 Å². The predicted octanol–water partition coefficient (Wildman–Crippen LogP) is 4.13. The molecule has 0 radical (unpaired) electrons. The predicted molar refractivity (Wildman–Crippen MR) is 87.7 cm³/mol. The summed E-state index contributed by atoms with van der Waals surface area (Å²) in [5, 5.41) is 3.62. The van der Waals surface area contributed by atoms with Crippen molar-refractivity contribution in [2.75, 3.05) is 6.61 Å². The monoisotopic (exact) mass is 325 g/mol. The number of benzene rings is 2. The summed E-state index contributed by atoms with van der Waals surface area (Å²) in [7, 11) is 0. The average molecular weight is 325 g/mol. The summed E-state index contributed by atoms with van der Waals surface area (Å²) in [5.41, 5.74) is 2.10. The first kappa shape index (κ1) is 14.8. The maximum absolute atomic E-state index is 13.4. The van der Waals surface area contributed by atoms with Crippen LogP contribution in [-0.2, 0) is 0 Å². The lowest BCUT2D eigenvalue weighted by molar-refractivity contribution is 0.0898. The molecule has 3 aromatic rings. The number of hydrogen-bond donors (Lipinski definition) is 1. The van der Waals surface area contributed by atoms with Gasteiger partial charge in [-0.2, -0.15) is 0 Å². The van der Waals surface area contributed by atoms with Crippen molar-refractivity contribution in [3.63, 3.8) is 0 Å². The Morgan fingerprint density at radius 1 is 1.25 bits per heavy atom. The van der Waals surface area contributed by atoms with Gasteiger partial charge in [-0.3, -0.25) is 4.79 Å². The van der Waals surface area contributed by atoms with Crippen LogP contribution in [-0.4, -0.2) is 12.5 Å². The van der Waals surface area contributed by atoms with Gasteiger partial charge in [0.1, 0.15) is 17.1 Å². The van der Waals surface area contributed by atoms with E-state index >= 15 is 0 Å². The minimum Gasteiger partial charge on any atom is -0.493 e. The molecule has 24 heavy (non-hydrogen) atoms. The van der Waals surface area contributed by atoms with Crippen molar-refractivity contribution in [1.82, 2.24) is 5.32 Å². The van der Waals surface area contributed by atoms with Crippen LogP contribution in [0.1, 0.15) is 34.1 Å². The van der Waals surface area contributed by atoms with E-state index < -0.39 is 0 Å². The van der Waals surface area contributed by atoms with Crippen molar-refractivity contribution in [3.8, 4) is 5.75 Å². The van der Waals surface area contributed by atoms with E-state index in [0.29, 0.717) is 29.6 Å². The highest BCUT2D eigenvalue weighted by Gasteiger charge is 2.25. The molecule has 0 fully saturated rings. The molecule has 0 spiro atoms. The molecule has 1 aromatic heterocycles. The summed E-state index contributed by atoms with van der Waals surface area (Å²) < 4.78 is 24.7. The molecule has 0 unspecified atom stereocenters. The second-order valence-electron chi connectivity index (χ2n) is 5.90. The number of rotatable bonds is 2. The van der Waals surface area contributed by atoms with Gasteiger partial charge in [-0.05, 0) is 31.2 Å². The van der Waals surface area contributed by atoms with Gasteiger partial charge in [0.05, 0.1) is 12.6 Å². The van der Waals surface area contributed by atoms with Gasteiger partial charge in [0.2, 0.25) is 0 Å². The smallest absolute Gasteiger partial charge is 0.287 e. The number of carbonyl (C=O) groups excluding carboxylic acids is 1. The fourth-order valence-corrected chi connectivity index (χ4v) is 3.13. The van der Waals surface area contributed by atoms with Gasteiger partial charge in [0.15, 0.2) is 5.76 Å². The van der Waals surface area contributed by atoms with E-state index in [9.17, 15) is 9.18 Å². The maximum atomic E-state index is 13.4. The molecule has 4 nitrogen and oxygen atoms in total. The first-order valence-corrected chi connectivity index (χ1v) is 7.85. The van der Waals surface area contributed by atoms with Crippen molar-refractivity contribution in [2.45, 2.75) is 19.4 Å². The summed E-state index contributed by atoms with van der Waals surface area (Å²) in [6.45, 7) is 2.31. The van der Waals surface area contributed by atoms with Crippen LogP contribution in [0.5, 0.6) is 5.75 Å². The highest BCUT2D eigenvalue weighted by Crippen LogP contribution is 2.32. The molecule has 4 rings (SSSR count).